The van der Waals surface area contributed by atoms with Gasteiger partial charge in [-0.05, 0) is 11.1 Å². The van der Waals surface area contributed by atoms with Crippen molar-refractivity contribution in [3.8, 4) is 0 Å². The summed E-state index contributed by atoms with van der Waals surface area (Å²) in [6, 6.07) is 19.1. The van der Waals surface area contributed by atoms with Gasteiger partial charge in [0.05, 0.1) is 18.5 Å². The van der Waals surface area contributed by atoms with Crippen LogP contribution in [-0.4, -0.2) is 42.2 Å². The van der Waals surface area contributed by atoms with E-state index in [-0.39, 0.29) is 25.1 Å². The largest absolute Gasteiger partial charge is 0.447 e. The molecule has 0 bridgehead atoms. The number of ether oxygens (including phenoxy) is 1. The number of hydrogen-bond acceptors (Lipinski definition) is 5. The third kappa shape index (κ3) is 2.87. The monoisotopic (exact) mass is 352 g/mol. The highest BCUT2D eigenvalue weighted by atomic mass is 16.7. The van der Waals surface area contributed by atoms with Crippen LogP contribution in [0.3, 0.4) is 0 Å². The Hall–Kier alpha value is -2.70. The number of imide groups is 1. The van der Waals surface area contributed by atoms with Gasteiger partial charge in [-0.2, -0.15) is 5.06 Å². The SMILES string of the molecule is CN1O[C@H](c2ccccc2)[C@@H](C(=O)N2CCOC2=O)[C@H]1c1ccccc1. The molecule has 0 aliphatic carbocycles. The molecule has 0 aromatic heterocycles. The Morgan fingerprint density at radius 2 is 1.62 bits per heavy atom. The maximum atomic E-state index is 13.3. The topological polar surface area (TPSA) is 59.1 Å². The number of carbonyl (C=O) groups is 2. The molecule has 2 heterocycles. The lowest BCUT2D eigenvalue weighted by Crippen LogP contribution is -2.40. The van der Waals surface area contributed by atoms with E-state index in [9.17, 15) is 9.59 Å². The zero-order chi connectivity index (χ0) is 18.1. The van der Waals surface area contributed by atoms with Gasteiger partial charge in [-0.25, -0.2) is 9.69 Å². The Labute approximate surface area is 151 Å². The quantitative estimate of drug-likeness (QED) is 0.850. The molecule has 4 rings (SSSR count). The van der Waals surface area contributed by atoms with E-state index in [2.05, 4.69) is 0 Å². The van der Waals surface area contributed by atoms with Crippen LogP contribution < -0.4 is 0 Å². The van der Waals surface area contributed by atoms with Gasteiger partial charge in [0.15, 0.2) is 0 Å². The second kappa shape index (κ2) is 6.90. The minimum absolute atomic E-state index is 0.236. The van der Waals surface area contributed by atoms with Crippen LogP contribution in [0.15, 0.2) is 60.7 Å². The second-order valence-electron chi connectivity index (χ2n) is 6.47. The molecule has 2 aliphatic heterocycles. The molecule has 2 amide bonds. The lowest BCUT2D eigenvalue weighted by molar-refractivity contribution is -0.148. The Morgan fingerprint density at radius 1 is 1.00 bits per heavy atom. The normalized spacial score (nSPS) is 26.1. The van der Waals surface area contributed by atoms with Gasteiger partial charge >= 0.3 is 6.09 Å². The highest BCUT2D eigenvalue weighted by Gasteiger charge is 2.50. The number of hydroxylamine groups is 2. The van der Waals surface area contributed by atoms with E-state index in [1.165, 1.54) is 4.90 Å². The first kappa shape index (κ1) is 16.8. The highest BCUT2D eigenvalue weighted by molar-refractivity contribution is 5.95. The predicted octanol–water partition coefficient (Wildman–Crippen LogP) is 2.94. The van der Waals surface area contributed by atoms with Crippen LogP contribution in [0.1, 0.15) is 23.3 Å². The second-order valence-corrected chi connectivity index (χ2v) is 6.47. The fourth-order valence-electron chi connectivity index (χ4n) is 3.72. The summed E-state index contributed by atoms with van der Waals surface area (Å²) in [6.45, 7) is 0.515. The summed E-state index contributed by atoms with van der Waals surface area (Å²) < 4.78 is 4.97. The van der Waals surface area contributed by atoms with E-state index in [0.29, 0.717) is 0 Å². The van der Waals surface area contributed by atoms with Gasteiger partial charge in [-0.1, -0.05) is 60.7 Å². The van der Waals surface area contributed by atoms with Crippen LogP contribution >= 0.6 is 0 Å². The number of rotatable bonds is 3. The van der Waals surface area contributed by atoms with Crippen molar-refractivity contribution in [3.05, 3.63) is 71.8 Å². The molecule has 134 valence electrons. The third-order valence-corrected chi connectivity index (χ3v) is 4.92. The number of amides is 2. The number of benzene rings is 2. The van der Waals surface area contributed by atoms with Crippen molar-refractivity contribution >= 4 is 12.0 Å². The molecule has 2 aromatic rings. The molecule has 6 heteroatoms. The Balaban J connectivity index is 1.75. The molecule has 0 spiro atoms. The summed E-state index contributed by atoms with van der Waals surface area (Å²) in [5.41, 5.74) is 1.88. The zero-order valence-electron chi connectivity index (χ0n) is 14.4. The minimum atomic E-state index is -0.580. The van der Waals surface area contributed by atoms with Crippen LogP contribution in [0.2, 0.25) is 0 Å². The van der Waals surface area contributed by atoms with Crippen molar-refractivity contribution in [2.75, 3.05) is 20.2 Å². The summed E-state index contributed by atoms with van der Waals surface area (Å²) in [5, 5.41) is 1.72. The van der Waals surface area contributed by atoms with Crippen molar-refractivity contribution in [2.45, 2.75) is 12.1 Å². The van der Waals surface area contributed by atoms with Crippen molar-refractivity contribution in [1.82, 2.24) is 9.96 Å². The fraction of sp³-hybridized carbons (Fsp3) is 0.300. The standard InChI is InChI=1S/C20H20N2O4/c1-21-17(14-8-4-2-5-9-14)16(19(23)22-12-13-25-20(22)24)18(26-21)15-10-6-3-7-11-15/h2-11,16-18H,12-13H2,1H3/t16-,17+,18+/m0/s1. The van der Waals surface area contributed by atoms with Gasteiger partial charge < -0.3 is 4.74 Å². The molecule has 0 radical (unpaired) electrons. The van der Waals surface area contributed by atoms with E-state index < -0.39 is 18.1 Å². The van der Waals surface area contributed by atoms with Crippen molar-refractivity contribution in [1.29, 1.82) is 0 Å². The first-order valence-electron chi connectivity index (χ1n) is 8.64. The molecule has 2 aromatic carbocycles. The third-order valence-electron chi connectivity index (χ3n) is 4.92. The first-order valence-corrected chi connectivity index (χ1v) is 8.64. The lowest BCUT2D eigenvalue weighted by Gasteiger charge is -2.25. The predicted molar refractivity (Wildman–Crippen MR) is 93.8 cm³/mol. The number of carbonyl (C=O) groups excluding carboxylic acids is 2. The van der Waals surface area contributed by atoms with E-state index in [4.69, 9.17) is 9.57 Å². The summed E-state index contributed by atoms with van der Waals surface area (Å²) in [5.74, 6) is -0.810. The van der Waals surface area contributed by atoms with Gasteiger partial charge in [0, 0.05) is 7.05 Å². The van der Waals surface area contributed by atoms with Gasteiger partial charge in [0.25, 0.3) is 0 Å². The van der Waals surface area contributed by atoms with Crippen LogP contribution in [0.5, 0.6) is 0 Å². The maximum Gasteiger partial charge on any atom is 0.416 e. The Kier molecular flexibility index (Phi) is 4.44. The minimum Gasteiger partial charge on any atom is -0.447 e. The summed E-state index contributed by atoms with van der Waals surface area (Å²) in [4.78, 5) is 32.5. The van der Waals surface area contributed by atoms with Crippen molar-refractivity contribution in [3.63, 3.8) is 0 Å². The molecule has 26 heavy (non-hydrogen) atoms. The molecule has 3 atom stereocenters. The molecule has 0 unspecified atom stereocenters. The Bertz CT molecular complexity index is 796. The van der Waals surface area contributed by atoms with Gasteiger partial charge in [-0.15, -0.1) is 0 Å². The molecule has 6 nitrogen and oxygen atoms in total. The number of cyclic esters (lactones) is 1. The lowest BCUT2D eigenvalue weighted by atomic mass is 9.85. The highest BCUT2D eigenvalue weighted by Crippen LogP contribution is 2.46. The maximum absolute atomic E-state index is 13.3. The first-order chi connectivity index (χ1) is 12.7. The molecular weight excluding hydrogens is 332 g/mol. The van der Waals surface area contributed by atoms with E-state index in [0.717, 1.165) is 11.1 Å². The van der Waals surface area contributed by atoms with Crippen molar-refractivity contribution < 1.29 is 19.2 Å². The van der Waals surface area contributed by atoms with E-state index in [1.54, 1.807) is 5.06 Å². The molecule has 2 aliphatic rings. The van der Waals surface area contributed by atoms with Crippen LogP contribution in [0.4, 0.5) is 4.79 Å². The fourth-order valence-corrected chi connectivity index (χ4v) is 3.72. The van der Waals surface area contributed by atoms with Gasteiger partial charge in [0.1, 0.15) is 12.7 Å². The van der Waals surface area contributed by atoms with E-state index in [1.807, 2.05) is 67.7 Å². The smallest absolute Gasteiger partial charge is 0.416 e. The van der Waals surface area contributed by atoms with Gasteiger partial charge in [0.2, 0.25) is 5.91 Å². The number of nitrogens with zero attached hydrogens (tertiary/aromatic N) is 2. The zero-order valence-corrected chi connectivity index (χ0v) is 14.4. The van der Waals surface area contributed by atoms with E-state index >= 15 is 0 Å². The van der Waals surface area contributed by atoms with Crippen molar-refractivity contribution in [2.24, 2.45) is 5.92 Å². The number of hydrogen-bond donors (Lipinski definition) is 0. The van der Waals surface area contributed by atoms with Crippen LogP contribution in [0, 0.1) is 5.92 Å². The molecular formula is C20H20N2O4. The summed E-state index contributed by atoms with van der Waals surface area (Å²) in [6.07, 6.45) is -1.05. The molecule has 2 fully saturated rings. The molecule has 0 saturated carbocycles. The van der Waals surface area contributed by atoms with Gasteiger partial charge in [-0.3, -0.25) is 9.63 Å². The summed E-state index contributed by atoms with van der Waals surface area (Å²) >= 11 is 0. The molecule has 2 saturated heterocycles. The average molecular weight is 352 g/mol. The van der Waals surface area contributed by atoms with Crippen LogP contribution in [0.25, 0.3) is 0 Å². The summed E-state index contributed by atoms with van der Waals surface area (Å²) in [7, 11) is 1.82. The molecule has 0 N–H and O–H groups in total. The average Bonchev–Trinajstić information content (AvgIpc) is 3.26. The Morgan fingerprint density at radius 3 is 2.19 bits per heavy atom. The van der Waals surface area contributed by atoms with Crippen LogP contribution in [-0.2, 0) is 14.4 Å².